The van der Waals surface area contributed by atoms with Gasteiger partial charge in [0.05, 0.1) is 6.04 Å². The highest BCUT2D eigenvalue weighted by molar-refractivity contribution is 5.88. The van der Waals surface area contributed by atoms with Crippen molar-refractivity contribution in [2.45, 2.75) is 37.8 Å². The number of nitrogens with two attached hydrogens (primary N) is 1. The Kier molecular flexibility index (Phi) is 2.38. The minimum atomic E-state index is -1.21. The summed E-state index contributed by atoms with van der Waals surface area (Å²) in [6.45, 7) is 2.87. The van der Waals surface area contributed by atoms with Crippen LogP contribution in [0.15, 0.2) is 0 Å². The molecule has 2 rings (SSSR count). The summed E-state index contributed by atoms with van der Waals surface area (Å²) in [5, 5.41) is 2.86. The predicted molar refractivity (Wildman–Crippen MR) is 49.8 cm³/mol. The molecule has 84 valence electrons. The van der Waals surface area contributed by atoms with Crippen LogP contribution in [0.1, 0.15) is 13.8 Å². The number of hydrogen-bond acceptors (Lipinski definition) is 6. The summed E-state index contributed by atoms with van der Waals surface area (Å²) in [6.07, 6.45) is -0.580. The van der Waals surface area contributed by atoms with E-state index in [2.05, 4.69) is 5.32 Å². The molecule has 2 aliphatic heterocycles. The molecule has 3 N–H and O–H groups in total. The minimum Gasteiger partial charge on any atom is -0.345 e. The van der Waals surface area contributed by atoms with Crippen molar-refractivity contribution in [3.63, 3.8) is 0 Å². The number of carbonyl (C=O) groups excluding carboxylic acids is 2. The number of nitrogens with one attached hydrogen (secondary N) is 1. The van der Waals surface area contributed by atoms with Gasteiger partial charge in [-0.2, -0.15) is 0 Å². The Morgan fingerprint density at radius 3 is 2.60 bits per heavy atom. The molecule has 6 heteroatoms. The maximum absolute atomic E-state index is 11.4. The Morgan fingerprint density at radius 2 is 2.07 bits per heavy atom. The van der Waals surface area contributed by atoms with E-state index >= 15 is 0 Å². The number of rotatable bonds is 2. The lowest BCUT2D eigenvalue weighted by atomic mass is 9.97. The second-order valence-corrected chi connectivity index (χ2v) is 4.00. The van der Waals surface area contributed by atoms with Gasteiger partial charge in [-0.1, -0.05) is 0 Å². The molecule has 4 atom stereocenters. The molecule has 0 saturated carbocycles. The van der Waals surface area contributed by atoms with Crippen molar-refractivity contribution >= 4 is 11.6 Å². The first kappa shape index (κ1) is 10.7. The van der Waals surface area contributed by atoms with Gasteiger partial charge in [0.2, 0.25) is 0 Å². The van der Waals surface area contributed by atoms with Crippen LogP contribution < -0.4 is 11.1 Å². The first-order valence-electron chi connectivity index (χ1n) is 4.78. The molecular weight excluding hydrogens is 200 g/mol. The molecule has 0 spiro atoms. The number of ketones is 2. The van der Waals surface area contributed by atoms with E-state index in [0.717, 1.165) is 0 Å². The van der Waals surface area contributed by atoms with Crippen molar-refractivity contribution in [2.24, 2.45) is 5.73 Å². The molecule has 0 bridgehead atoms. The fourth-order valence-electron chi connectivity index (χ4n) is 2.19. The SMILES string of the molecule is CC(=O)C1NC(C(C)=O)C2(N)OCOC12. The second kappa shape index (κ2) is 3.34. The van der Waals surface area contributed by atoms with E-state index in [-0.39, 0.29) is 18.4 Å². The third-order valence-electron chi connectivity index (χ3n) is 2.95. The van der Waals surface area contributed by atoms with Crippen LogP contribution in [-0.4, -0.2) is 42.3 Å². The molecular formula is C9H14N2O4. The Balaban J connectivity index is 2.32. The molecule has 15 heavy (non-hydrogen) atoms. The van der Waals surface area contributed by atoms with Crippen LogP contribution in [0.4, 0.5) is 0 Å². The molecule has 2 fully saturated rings. The molecule has 0 aromatic rings. The van der Waals surface area contributed by atoms with Crippen molar-refractivity contribution in [1.82, 2.24) is 5.32 Å². The maximum atomic E-state index is 11.4. The zero-order chi connectivity index (χ0) is 11.2. The van der Waals surface area contributed by atoms with Gasteiger partial charge in [0.1, 0.15) is 24.7 Å². The molecule has 0 aromatic carbocycles. The van der Waals surface area contributed by atoms with Crippen LogP contribution in [0.25, 0.3) is 0 Å². The highest BCUT2D eigenvalue weighted by Crippen LogP contribution is 2.33. The Morgan fingerprint density at radius 1 is 1.40 bits per heavy atom. The van der Waals surface area contributed by atoms with E-state index in [1.165, 1.54) is 13.8 Å². The van der Waals surface area contributed by atoms with E-state index in [1.54, 1.807) is 0 Å². The van der Waals surface area contributed by atoms with E-state index in [0.29, 0.717) is 0 Å². The lowest BCUT2D eigenvalue weighted by Gasteiger charge is -2.25. The summed E-state index contributed by atoms with van der Waals surface area (Å²) in [7, 11) is 0. The van der Waals surface area contributed by atoms with E-state index in [9.17, 15) is 9.59 Å². The monoisotopic (exact) mass is 214 g/mol. The van der Waals surface area contributed by atoms with Gasteiger partial charge in [-0.05, 0) is 13.8 Å². The first-order chi connectivity index (χ1) is 6.97. The van der Waals surface area contributed by atoms with Gasteiger partial charge >= 0.3 is 0 Å². The number of fused-ring (bicyclic) bond motifs is 1. The summed E-state index contributed by atoms with van der Waals surface area (Å²) in [4.78, 5) is 22.7. The van der Waals surface area contributed by atoms with Crippen LogP contribution >= 0.6 is 0 Å². The molecule has 2 saturated heterocycles. The zero-order valence-corrected chi connectivity index (χ0v) is 8.65. The van der Waals surface area contributed by atoms with Gasteiger partial charge in [0.15, 0.2) is 11.5 Å². The quantitative estimate of drug-likeness (QED) is 0.583. The summed E-state index contributed by atoms with van der Waals surface area (Å²) < 4.78 is 10.5. The van der Waals surface area contributed by atoms with E-state index in [4.69, 9.17) is 15.2 Å². The highest BCUT2D eigenvalue weighted by atomic mass is 16.7. The van der Waals surface area contributed by atoms with Gasteiger partial charge in [0.25, 0.3) is 0 Å². The molecule has 0 radical (unpaired) electrons. The molecule has 0 aromatic heterocycles. The maximum Gasteiger partial charge on any atom is 0.170 e. The van der Waals surface area contributed by atoms with Crippen LogP contribution in [0.2, 0.25) is 0 Å². The Labute approximate surface area is 87.1 Å². The number of ether oxygens (including phenoxy) is 2. The topological polar surface area (TPSA) is 90.7 Å². The standard InChI is InChI=1S/C9H14N2O4/c1-4(12)6-8-9(10,15-3-14-8)7(11-6)5(2)13/h6-8,11H,3,10H2,1-2H3. The molecule has 6 nitrogen and oxygen atoms in total. The minimum absolute atomic E-state index is 0.0242. The third-order valence-corrected chi connectivity index (χ3v) is 2.95. The fraction of sp³-hybridized carbons (Fsp3) is 0.778. The van der Waals surface area contributed by atoms with Crippen LogP contribution in [-0.2, 0) is 19.1 Å². The van der Waals surface area contributed by atoms with Crippen LogP contribution in [0, 0.1) is 0 Å². The Bertz CT molecular complexity index is 319. The van der Waals surface area contributed by atoms with Crippen molar-refractivity contribution in [3.8, 4) is 0 Å². The van der Waals surface area contributed by atoms with Crippen molar-refractivity contribution < 1.29 is 19.1 Å². The predicted octanol–water partition coefficient (Wildman–Crippen LogP) is -1.47. The largest absolute Gasteiger partial charge is 0.345 e. The van der Waals surface area contributed by atoms with E-state index in [1.807, 2.05) is 0 Å². The Hall–Kier alpha value is -0.820. The average molecular weight is 214 g/mol. The first-order valence-corrected chi connectivity index (χ1v) is 4.78. The van der Waals surface area contributed by atoms with Crippen molar-refractivity contribution in [1.29, 1.82) is 0 Å². The lowest BCUT2D eigenvalue weighted by Crippen LogP contribution is -2.58. The van der Waals surface area contributed by atoms with Gasteiger partial charge in [0, 0.05) is 0 Å². The van der Waals surface area contributed by atoms with Crippen molar-refractivity contribution in [2.75, 3.05) is 6.79 Å². The van der Waals surface area contributed by atoms with Gasteiger partial charge in [-0.3, -0.25) is 20.6 Å². The summed E-state index contributed by atoms with van der Waals surface area (Å²) >= 11 is 0. The van der Waals surface area contributed by atoms with E-state index < -0.39 is 23.9 Å². The highest BCUT2D eigenvalue weighted by Gasteiger charge is 2.60. The average Bonchev–Trinajstić information content (AvgIpc) is 2.58. The van der Waals surface area contributed by atoms with Gasteiger partial charge in [-0.15, -0.1) is 0 Å². The van der Waals surface area contributed by atoms with Crippen LogP contribution in [0.3, 0.4) is 0 Å². The molecule has 0 amide bonds. The lowest BCUT2D eigenvalue weighted by molar-refractivity contribution is -0.125. The van der Waals surface area contributed by atoms with Gasteiger partial charge in [-0.25, -0.2) is 0 Å². The van der Waals surface area contributed by atoms with Crippen LogP contribution in [0.5, 0.6) is 0 Å². The second-order valence-electron chi connectivity index (χ2n) is 4.00. The number of Topliss-reactive ketones (excluding diaryl/α,β-unsaturated/α-hetero) is 2. The summed E-state index contributed by atoms with van der Waals surface area (Å²) in [6, 6.07) is -1.25. The third kappa shape index (κ3) is 1.41. The molecule has 4 unspecified atom stereocenters. The number of hydrogen-bond donors (Lipinski definition) is 2. The molecule has 2 heterocycles. The van der Waals surface area contributed by atoms with Crippen molar-refractivity contribution in [3.05, 3.63) is 0 Å². The number of carbonyl (C=O) groups is 2. The normalized spacial score (nSPS) is 44.1. The summed E-state index contributed by atoms with van der Waals surface area (Å²) in [5.74, 6) is -0.263. The fourth-order valence-corrected chi connectivity index (χ4v) is 2.19. The smallest absolute Gasteiger partial charge is 0.170 e. The summed E-state index contributed by atoms with van der Waals surface area (Å²) in [5.41, 5.74) is 4.75. The molecule has 2 aliphatic rings. The molecule has 0 aliphatic carbocycles. The zero-order valence-electron chi connectivity index (χ0n) is 8.65. The van der Waals surface area contributed by atoms with Gasteiger partial charge < -0.3 is 9.47 Å².